The number of rotatable bonds is 4. The third-order valence-electron chi connectivity index (χ3n) is 3.07. The van der Waals surface area contributed by atoms with E-state index in [0.717, 1.165) is 4.57 Å². The summed E-state index contributed by atoms with van der Waals surface area (Å²) in [5.41, 5.74) is -1.10. The number of amides is 1. The molecule has 0 aliphatic rings. The van der Waals surface area contributed by atoms with E-state index in [1.54, 1.807) is 6.92 Å². The lowest BCUT2D eigenvalue weighted by atomic mass is 10.0. The molecule has 0 radical (unpaired) electrons. The molecule has 0 aromatic carbocycles. The van der Waals surface area contributed by atoms with Crippen LogP contribution in [0.25, 0.3) is 0 Å². The lowest BCUT2D eigenvalue weighted by Crippen LogP contribution is -2.31. The van der Waals surface area contributed by atoms with Gasteiger partial charge in [-0.1, -0.05) is 0 Å². The predicted molar refractivity (Wildman–Crippen MR) is 76.0 cm³/mol. The van der Waals surface area contributed by atoms with Gasteiger partial charge in [-0.3, -0.25) is 18.7 Å². The average molecular weight is 318 g/mol. The number of carbonyl (C=O) groups is 1. The normalized spacial score (nSPS) is 11.5. The van der Waals surface area contributed by atoms with Crippen LogP contribution in [0.4, 0.5) is 0 Å². The fourth-order valence-corrected chi connectivity index (χ4v) is 2.70. The Kier molecular flexibility index (Phi) is 4.79. The van der Waals surface area contributed by atoms with Gasteiger partial charge in [0.05, 0.1) is 0 Å². The summed E-state index contributed by atoms with van der Waals surface area (Å²) in [7, 11) is -1.52. The van der Waals surface area contributed by atoms with Crippen LogP contribution in [0, 0.1) is 6.92 Å². The summed E-state index contributed by atoms with van der Waals surface area (Å²) in [5, 5.41) is 10.1. The molecule has 0 fully saturated rings. The van der Waals surface area contributed by atoms with Crippen molar-refractivity contribution in [2.24, 2.45) is 0 Å². The first-order valence-electron chi connectivity index (χ1n) is 6.13. The van der Waals surface area contributed by atoms with E-state index in [0.29, 0.717) is 0 Å². The minimum Gasteiger partial charge on any atom is -0.494 e. The van der Waals surface area contributed by atoms with Gasteiger partial charge in [-0.15, -0.1) is 0 Å². The molecule has 0 atom stereocenters. The van der Waals surface area contributed by atoms with Crippen LogP contribution in [0.5, 0.6) is 5.88 Å². The van der Waals surface area contributed by atoms with Gasteiger partial charge < -0.3 is 10.0 Å². The Morgan fingerprint density at radius 3 is 2.24 bits per heavy atom. The van der Waals surface area contributed by atoms with Crippen LogP contribution >= 0.6 is 0 Å². The quantitative estimate of drug-likeness (QED) is 0.753. The minimum absolute atomic E-state index is 0.0403. The number of hydrogen-bond donors (Lipinski definition) is 2. The van der Waals surface area contributed by atoms with Crippen molar-refractivity contribution in [3.8, 4) is 5.88 Å². The summed E-state index contributed by atoms with van der Waals surface area (Å²) >= 11 is 0. The van der Waals surface area contributed by atoms with E-state index in [1.165, 1.54) is 25.9 Å². The van der Waals surface area contributed by atoms with Gasteiger partial charge in [0.1, 0.15) is 11.3 Å². The zero-order chi connectivity index (χ0) is 16.5. The molecule has 9 heteroatoms. The second-order valence-electron chi connectivity index (χ2n) is 4.78. The lowest BCUT2D eigenvalue weighted by Gasteiger charge is -2.19. The number of nitrogens with zero attached hydrogens (tertiary/aromatic N) is 2. The highest BCUT2D eigenvalue weighted by molar-refractivity contribution is 7.85. The van der Waals surface area contributed by atoms with Crippen molar-refractivity contribution in [2.75, 3.05) is 14.1 Å². The standard InChI is InChI=1S/C12H18N2O6S/c1-5-14-10(15)8(6-21(18,19)20)7(2)9(12(14)17)11(16)13(3)4/h17H,5-6H2,1-4H3,(H,18,19,20). The predicted octanol–water partition coefficient (Wildman–Crippen LogP) is -0.0282. The van der Waals surface area contributed by atoms with Crippen LogP contribution < -0.4 is 5.56 Å². The molecular formula is C12H18N2O6S. The van der Waals surface area contributed by atoms with Crippen molar-refractivity contribution in [3.05, 3.63) is 27.0 Å². The Morgan fingerprint density at radius 1 is 1.33 bits per heavy atom. The molecule has 1 heterocycles. The third kappa shape index (κ3) is 3.42. The van der Waals surface area contributed by atoms with Crippen molar-refractivity contribution in [1.29, 1.82) is 0 Å². The molecule has 0 saturated carbocycles. The molecule has 0 aliphatic carbocycles. The molecule has 118 valence electrons. The molecule has 21 heavy (non-hydrogen) atoms. The van der Waals surface area contributed by atoms with Gasteiger partial charge in [0.15, 0.2) is 0 Å². The highest BCUT2D eigenvalue weighted by atomic mass is 32.2. The molecule has 1 aromatic heterocycles. The molecule has 1 amide bonds. The van der Waals surface area contributed by atoms with E-state index in [4.69, 9.17) is 4.55 Å². The Balaban J connectivity index is 3.79. The van der Waals surface area contributed by atoms with Gasteiger partial charge in [-0.05, 0) is 19.4 Å². The molecule has 1 aromatic rings. The number of carbonyl (C=O) groups excluding carboxylic acids is 1. The Bertz CT molecular complexity index is 733. The SMILES string of the molecule is CCn1c(O)c(C(=O)N(C)C)c(C)c(CS(=O)(=O)O)c1=O. The highest BCUT2D eigenvalue weighted by Gasteiger charge is 2.26. The number of hydrogen-bond acceptors (Lipinski definition) is 5. The largest absolute Gasteiger partial charge is 0.494 e. The molecule has 0 aliphatic heterocycles. The second kappa shape index (κ2) is 5.86. The van der Waals surface area contributed by atoms with Crippen LogP contribution in [-0.4, -0.2) is 47.5 Å². The van der Waals surface area contributed by atoms with E-state index in [1.807, 2.05) is 0 Å². The number of aromatic hydroxyl groups is 1. The second-order valence-corrected chi connectivity index (χ2v) is 6.23. The first-order valence-corrected chi connectivity index (χ1v) is 7.74. The van der Waals surface area contributed by atoms with E-state index in [9.17, 15) is 23.1 Å². The molecule has 1 rings (SSSR count). The maximum atomic E-state index is 12.2. The van der Waals surface area contributed by atoms with Crippen molar-refractivity contribution in [3.63, 3.8) is 0 Å². The molecule has 2 N–H and O–H groups in total. The van der Waals surface area contributed by atoms with Crippen LogP contribution in [0.3, 0.4) is 0 Å². The third-order valence-corrected chi connectivity index (χ3v) is 3.73. The van der Waals surface area contributed by atoms with E-state index in [2.05, 4.69) is 0 Å². The Hall–Kier alpha value is -1.87. The molecule has 0 spiro atoms. The van der Waals surface area contributed by atoms with Crippen LogP contribution in [0.1, 0.15) is 28.4 Å². The first-order chi connectivity index (χ1) is 9.51. The minimum atomic E-state index is -4.44. The van der Waals surface area contributed by atoms with Gasteiger partial charge in [0, 0.05) is 26.2 Å². The van der Waals surface area contributed by atoms with Gasteiger partial charge in [0.2, 0.25) is 5.88 Å². The zero-order valence-corrected chi connectivity index (χ0v) is 13.1. The van der Waals surface area contributed by atoms with E-state index < -0.39 is 33.2 Å². The molecule has 0 saturated heterocycles. The summed E-state index contributed by atoms with van der Waals surface area (Å²) in [6, 6.07) is 0. The fourth-order valence-electron chi connectivity index (χ4n) is 2.00. The summed E-state index contributed by atoms with van der Waals surface area (Å²) < 4.78 is 32.0. The zero-order valence-electron chi connectivity index (χ0n) is 12.2. The lowest BCUT2D eigenvalue weighted by molar-refractivity contribution is 0.0821. The monoisotopic (exact) mass is 318 g/mol. The van der Waals surface area contributed by atoms with E-state index in [-0.39, 0.29) is 23.2 Å². The smallest absolute Gasteiger partial charge is 0.269 e. The van der Waals surface area contributed by atoms with Gasteiger partial charge in [-0.2, -0.15) is 8.42 Å². The van der Waals surface area contributed by atoms with Crippen LogP contribution in [0.2, 0.25) is 0 Å². The molecule has 0 unspecified atom stereocenters. The van der Waals surface area contributed by atoms with Crippen molar-refractivity contribution in [2.45, 2.75) is 26.1 Å². The summed E-state index contributed by atoms with van der Waals surface area (Å²) in [4.78, 5) is 25.5. The van der Waals surface area contributed by atoms with E-state index >= 15 is 0 Å². The summed E-state index contributed by atoms with van der Waals surface area (Å²) in [5.74, 6) is -1.99. The average Bonchev–Trinajstić information content (AvgIpc) is 2.34. The van der Waals surface area contributed by atoms with Crippen LogP contribution in [0.15, 0.2) is 4.79 Å². The molecule has 8 nitrogen and oxygen atoms in total. The topological polar surface area (TPSA) is 117 Å². The van der Waals surface area contributed by atoms with Gasteiger partial charge in [0.25, 0.3) is 21.6 Å². The fraction of sp³-hybridized carbons (Fsp3) is 0.500. The first kappa shape index (κ1) is 17.2. The number of pyridine rings is 1. The summed E-state index contributed by atoms with van der Waals surface area (Å²) in [6.07, 6.45) is 0. The molecule has 0 bridgehead atoms. The van der Waals surface area contributed by atoms with Crippen molar-refractivity contribution >= 4 is 16.0 Å². The van der Waals surface area contributed by atoms with Crippen molar-refractivity contribution in [1.82, 2.24) is 9.47 Å². The van der Waals surface area contributed by atoms with Crippen LogP contribution in [-0.2, 0) is 22.4 Å². The summed E-state index contributed by atoms with van der Waals surface area (Å²) in [6.45, 7) is 2.98. The maximum Gasteiger partial charge on any atom is 0.269 e. The van der Waals surface area contributed by atoms with Crippen molar-refractivity contribution < 1.29 is 22.9 Å². The molecular weight excluding hydrogens is 300 g/mol. The number of aromatic nitrogens is 1. The highest BCUT2D eigenvalue weighted by Crippen LogP contribution is 2.23. The maximum absolute atomic E-state index is 12.2. The van der Waals surface area contributed by atoms with Gasteiger partial charge >= 0.3 is 0 Å². The Labute approximate surface area is 122 Å². The Morgan fingerprint density at radius 2 is 1.86 bits per heavy atom. The van der Waals surface area contributed by atoms with Gasteiger partial charge in [-0.25, -0.2) is 0 Å².